The van der Waals surface area contributed by atoms with E-state index in [0.717, 1.165) is 24.2 Å². The van der Waals surface area contributed by atoms with Crippen LogP contribution in [0, 0.1) is 12.8 Å². The number of nitrogens with one attached hydrogen (secondary N) is 1. The molecular weight excluding hydrogens is 196 g/mol. The van der Waals surface area contributed by atoms with Crippen LogP contribution in [-0.4, -0.2) is 11.5 Å². The molecule has 3 heteroatoms. The van der Waals surface area contributed by atoms with Gasteiger partial charge in [0.25, 0.3) is 0 Å². The lowest BCUT2D eigenvalue weighted by Crippen LogP contribution is -2.05. The Labute approximate surface area is 90.7 Å². The van der Waals surface area contributed by atoms with Gasteiger partial charge in [-0.3, -0.25) is 0 Å². The molecule has 14 heavy (non-hydrogen) atoms. The Morgan fingerprint density at radius 1 is 1.50 bits per heavy atom. The molecule has 0 saturated heterocycles. The number of pyridine rings is 1. The van der Waals surface area contributed by atoms with Crippen molar-refractivity contribution in [2.45, 2.75) is 27.2 Å². The summed E-state index contributed by atoms with van der Waals surface area (Å²) in [6, 6.07) is 2.02. The first-order valence-corrected chi connectivity index (χ1v) is 5.33. The number of anilines is 1. The van der Waals surface area contributed by atoms with Crippen molar-refractivity contribution in [2.75, 3.05) is 11.9 Å². The fraction of sp³-hybridized carbons (Fsp3) is 0.545. The minimum atomic E-state index is 0.555. The Kier molecular flexibility index (Phi) is 4.21. The largest absolute Gasteiger partial charge is 0.383 e. The molecule has 2 nitrogen and oxygen atoms in total. The second-order valence-electron chi connectivity index (χ2n) is 3.96. The SMILES string of the molecule is Cc1cnc(Cl)c(NCCC(C)C)c1. The highest BCUT2D eigenvalue weighted by molar-refractivity contribution is 6.31. The van der Waals surface area contributed by atoms with Gasteiger partial charge in [-0.05, 0) is 30.9 Å². The molecule has 0 fully saturated rings. The van der Waals surface area contributed by atoms with E-state index in [-0.39, 0.29) is 0 Å². The molecule has 0 aromatic carbocycles. The molecule has 0 aliphatic carbocycles. The summed E-state index contributed by atoms with van der Waals surface area (Å²) in [5, 5.41) is 3.85. The van der Waals surface area contributed by atoms with Gasteiger partial charge in [0, 0.05) is 12.7 Å². The lowest BCUT2D eigenvalue weighted by atomic mass is 10.1. The number of halogens is 1. The van der Waals surface area contributed by atoms with Gasteiger partial charge in [0.15, 0.2) is 5.15 Å². The van der Waals surface area contributed by atoms with Crippen LogP contribution < -0.4 is 5.32 Å². The van der Waals surface area contributed by atoms with E-state index in [1.807, 2.05) is 13.0 Å². The van der Waals surface area contributed by atoms with E-state index in [1.54, 1.807) is 6.20 Å². The molecule has 0 atom stereocenters. The third-order valence-electron chi connectivity index (χ3n) is 2.01. The van der Waals surface area contributed by atoms with Gasteiger partial charge in [-0.1, -0.05) is 25.4 Å². The molecule has 1 N–H and O–H groups in total. The van der Waals surface area contributed by atoms with Crippen LogP contribution >= 0.6 is 11.6 Å². The van der Waals surface area contributed by atoms with Crippen LogP contribution in [0.5, 0.6) is 0 Å². The van der Waals surface area contributed by atoms with Gasteiger partial charge in [-0.2, -0.15) is 0 Å². The first-order chi connectivity index (χ1) is 6.59. The highest BCUT2D eigenvalue weighted by Gasteiger charge is 2.01. The standard InChI is InChI=1S/C11H17ClN2/c1-8(2)4-5-13-10-6-9(3)7-14-11(10)12/h6-8,13H,4-5H2,1-3H3. The monoisotopic (exact) mass is 212 g/mol. The van der Waals surface area contributed by atoms with Gasteiger partial charge in [0.1, 0.15) is 0 Å². The van der Waals surface area contributed by atoms with E-state index in [2.05, 4.69) is 24.1 Å². The molecule has 1 heterocycles. The van der Waals surface area contributed by atoms with E-state index in [4.69, 9.17) is 11.6 Å². The number of aryl methyl sites for hydroxylation is 1. The van der Waals surface area contributed by atoms with Gasteiger partial charge >= 0.3 is 0 Å². The summed E-state index contributed by atoms with van der Waals surface area (Å²) < 4.78 is 0. The molecule has 1 aromatic heterocycles. The Hall–Kier alpha value is -0.760. The summed E-state index contributed by atoms with van der Waals surface area (Å²) in [6.07, 6.45) is 2.92. The van der Waals surface area contributed by atoms with Crippen LogP contribution in [0.4, 0.5) is 5.69 Å². The number of hydrogen-bond donors (Lipinski definition) is 1. The molecule has 0 saturated carbocycles. The summed E-state index contributed by atoms with van der Waals surface area (Å²) >= 11 is 5.94. The van der Waals surface area contributed by atoms with E-state index in [9.17, 15) is 0 Å². The van der Waals surface area contributed by atoms with Crippen molar-refractivity contribution in [1.29, 1.82) is 0 Å². The minimum absolute atomic E-state index is 0.555. The Morgan fingerprint density at radius 3 is 2.86 bits per heavy atom. The lowest BCUT2D eigenvalue weighted by molar-refractivity contribution is 0.607. The third kappa shape index (κ3) is 3.54. The molecule has 0 radical (unpaired) electrons. The van der Waals surface area contributed by atoms with Crippen LogP contribution in [0.1, 0.15) is 25.8 Å². The zero-order valence-electron chi connectivity index (χ0n) is 8.97. The third-order valence-corrected chi connectivity index (χ3v) is 2.31. The van der Waals surface area contributed by atoms with E-state index < -0.39 is 0 Å². The van der Waals surface area contributed by atoms with E-state index in [0.29, 0.717) is 11.1 Å². The van der Waals surface area contributed by atoms with Crippen LogP contribution in [0.25, 0.3) is 0 Å². The quantitative estimate of drug-likeness (QED) is 0.773. The lowest BCUT2D eigenvalue weighted by Gasteiger charge is -2.09. The van der Waals surface area contributed by atoms with Gasteiger partial charge in [0.2, 0.25) is 0 Å². The predicted molar refractivity (Wildman–Crippen MR) is 61.9 cm³/mol. The van der Waals surface area contributed by atoms with Crippen LogP contribution in [0.15, 0.2) is 12.3 Å². The average molecular weight is 213 g/mol. The fourth-order valence-electron chi connectivity index (χ4n) is 1.17. The predicted octanol–water partition coefficient (Wildman–Crippen LogP) is 3.50. The zero-order valence-corrected chi connectivity index (χ0v) is 9.73. The normalized spacial score (nSPS) is 10.6. The summed E-state index contributed by atoms with van der Waals surface area (Å²) in [7, 11) is 0. The molecule has 0 spiro atoms. The van der Waals surface area contributed by atoms with Crippen molar-refractivity contribution in [1.82, 2.24) is 4.98 Å². The molecule has 78 valence electrons. The maximum absolute atomic E-state index is 5.94. The highest BCUT2D eigenvalue weighted by atomic mass is 35.5. The maximum atomic E-state index is 5.94. The molecule has 0 aliphatic heterocycles. The van der Waals surface area contributed by atoms with Crippen molar-refractivity contribution in [3.63, 3.8) is 0 Å². The summed E-state index contributed by atoms with van der Waals surface area (Å²) in [4.78, 5) is 4.08. The minimum Gasteiger partial charge on any atom is -0.383 e. The molecule has 0 bridgehead atoms. The van der Waals surface area contributed by atoms with Crippen molar-refractivity contribution < 1.29 is 0 Å². The molecule has 1 rings (SSSR count). The zero-order chi connectivity index (χ0) is 10.6. The number of aromatic nitrogens is 1. The second-order valence-corrected chi connectivity index (χ2v) is 4.32. The molecule has 0 amide bonds. The fourth-order valence-corrected chi connectivity index (χ4v) is 1.34. The van der Waals surface area contributed by atoms with Crippen molar-refractivity contribution in [3.8, 4) is 0 Å². The van der Waals surface area contributed by atoms with Crippen molar-refractivity contribution in [3.05, 3.63) is 23.0 Å². The Balaban J connectivity index is 2.53. The van der Waals surface area contributed by atoms with Crippen molar-refractivity contribution in [2.24, 2.45) is 5.92 Å². The van der Waals surface area contributed by atoms with Gasteiger partial charge < -0.3 is 5.32 Å². The van der Waals surface area contributed by atoms with Gasteiger partial charge in [0.05, 0.1) is 5.69 Å². The molecule has 1 aromatic rings. The van der Waals surface area contributed by atoms with Gasteiger partial charge in [-0.25, -0.2) is 4.98 Å². The first-order valence-electron chi connectivity index (χ1n) is 4.95. The summed E-state index contributed by atoms with van der Waals surface area (Å²) in [6.45, 7) is 7.37. The van der Waals surface area contributed by atoms with Gasteiger partial charge in [-0.15, -0.1) is 0 Å². The van der Waals surface area contributed by atoms with E-state index >= 15 is 0 Å². The number of rotatable bonds is 4. The highest BCUT2D eigenvalue weighted by Crippen LogP contribution is 2.19. The van der Waals surface area contributed by atoms with Crippen LogP contribution in [0.3, 0.4) is 0 Å². The second kappa shape index (κ2) is 5.20. The molecule has 0 unspecified atom stereocenters. The van der Waals surface area contributed by atoms with E-state index in [1.165, 1.54) is 0 Å². The smallest absolute Gasteiger partial charge is 0.152 e. The topological polar surface area (TPSA) is 24.9 Å². The molecular formula is C11H17ClN2. The van der Waals surface area contributed by atoms with Crippen molar-refractivity contribution >= 4 is 17.3 Å². The molecule has 0 aliphatic rings. The summed E-state index contributed by atoms with van der Waals surface area (Å²) in [5.41, 5.74) is 2.06. The Bertz CT molecular complexity index is 297. The summed E-state index contributed by atoms with van der Waals surface area (Å²) in [5.74, 6) is 0.707. The Morgan fingerprint density at radius 2 is 2.21 bits per heavy atom. The van der Waals surface area contributed by atoms with Crippen LogP contribution in [0.2, 0.25) is 5.15 Å². The average Bonchev–Trinajstić information content (AvgIpc) is 2.10. The van der Waals surface area contributed by atoms with Crippen LogP contribution in [-0.2, 0) is 0 Å². The number of hydrogen-bond acceptors (Lipinski definition) is 2. The number of nitrogens with zero attached hydrogens (tertiary/aromatic N) is 1. The first kappa shape index (κ1) is 11.3. The maximum Gasteiger partial charge on any atom is 0.152 e.